The van der Waals surface area contributed by atoms with Crippen LogP contribution in [0, 0.1) is 0 Å². The number of aliphatic hydroxyl groups excluding tert-OH is 1. The molecule has 1 unspecified atom stereocenters. The first-order chi connectivity index (χ1) is 6.18. The van der Waals surface area contributed by atoms with Crippen molar-refractivity contribution in [1.82, 2.24) is 5.32 Å². The lowest BCUT2D eigenvalue weighted by atomic mass is 9.95. The molecule has 80 valence electrons. The van der Waals surface area contributed by atoms with E-state index in [1.54, 1.807) is 0 Å². The molecule has 0 aromatic carbocycles. The highest BCUT2D eigenvalue weighted by atomic mass is 16.5. The van der Waals surface area contributed by atoms with Gasteiger partial charge in [-0.25, -0.2) is 0 Å². The van der Waals surface area contributed by atoms with E-state index in [2.05, 4.69) is 19.2 Å². The molecule has 0 amide bonds. The Labute approximate surface area is 81.5 Å². The van der Waals surface area contributed by atoms with Gasteiger partial charge in [-0.2, -0.15) is 0 Å². The molecule has 0 heterocycles. The molecule has 0 spiro atoms. The van der Waals surface area contributed by atoms with Gasteiger partial charge in [0.15, 0.2) is 0 Å². The minimum Gasteiger partial charge on any atom is -0.396 e. The summed E-state index contributed by atoms with van der Waals surface area (Å²) < 4.78 is 5.23. The summed E-state index contributed by atoms with van der Waals surface area (Å²) in [7, 11) is 0. The molecule has 0 saturated heterocycles. The van der Waals surface area contributed by atoms with Gasteiger partial charge in [-0.1, -0.05) is 6.92 Å². The van der Waals surface area contributed by atoms with Crippen molar-refractivity contribution in [3.8, 4) is 0 Å². The molecule has 2 N–H and O–H groups in total. The van der Waals surface area contributed by atoms with E-state index in [4.69, 9.17) is 9.84 Å². The summed E-state index contributed by atoms with van der Waals surface area (Å²) in [6.45, 7) is 8.87. The SMILES string of the molecule is CCOCCNC(C)(CC)CCO. The van der Waals surface area contributed by atoms with E-state index in [0.717, 1.165) is 32.6 Å². The van der Waals surface area contributed by atoms with Gasteiger partial charge in [-0.3, -0.25) is 0 Å². The van der Waals surface area contributed by atoms with Crippen molar-refractivity contribution in [1.29, 1.82) is 0 Å². The maximum atomic E-state index is 8.86. The maximum Gasteiger partial charge on any atom is 0.0590 e. The number of hydrogen-bond donors (Lipinski definition) is 2. The van der Waals surface area contributed by atoms with Gasteiger partial charge in [0, 0.05) is 25.3 Å². The predicted molar refractivity (Wildman–Crippen MR) is 54.9 cm³/mol. The summed E-state index contributed by atoms with van der Waals surface area (Å²) in [5.41, 5.74) is 0.0614. The quantitative estimate of drug-likeness (QED) is 0.563. The van der Waals surface area contributed by atoms with Gasteiger partial charge in [0.2, 0.25) is 0 Å². The van der Waals surface area contributed by atoms with E-state index >= 15 is 0 Å². The summed E-state index contributed by atoms with van der Waals surface area (Å²) in [4.78, 5) is 0. The number of nitrogens with one attached hydrogen (secondary N) is 1. The Bertz CT molecular complexity index is 119. The molecule has 0 bridgehead atoms. The first kappa shape index (κ1) is 12.9. The van der Waals surface area contributed by atoms with Crippen molar-refractivity contribution in [3.05, 3.63) is 0 Å². The molecule has 0 fully saturated rings. The number of rotatable bonds is 8. The van der Waals surface area contributed by atoms with Gasteiger partial charge in [0.1, 0.15) is 0 Å². The van der Waals surface area contributed by atoms with Crippen molar-refractivity contribution < 1.29 is 9.84 Å². The van der Waals surface area contributed by atoms with E-state index in [1.807, 2.05) is 6.92 Å². The molecule has 3 heteroatoms. The molecule has 0 aliphatic heterocycles. The van der Waals surface area contributed by atoms with Crippen LogP contribution >= 0.6 is 0 Å². The van der Waals surface area contributed by atoms with Crippen LogP contribution in [0.2, 0.25) is 0 Å². The third-order valence-corrected chi connectivity index (χ3v) is 2.45. The van der Waals surface area contributed by atoms with Crippen LogP contribution < -0.4 is 5.32 Å². The molecule has 0 rings (SSSR count). The highest BCUT2D eigenvalue weighted by Gasteiger charge is 2.19. The zero-order chi connectivity index (χ0) is 10.2. The number of hydrogen-bond acceptors (Lipinski definition) is 3. The summed E-state index contributed by atoms with van der Waals surface area (Å²) in [6, 6.07) is 0. The minimum absolute atomic E-state index is 0.0614. The van der Waals surface area contributed by atoms with E-state index in [1.165, 1.54) is 0 Å². The Balaban J connectivity index is 3.57. The fourth-order valence-corrected chi connectivity index (χ4v) is 1.21. The highest BCUT2D eigenvalue weighted by Crippen LogP contribution is 2.12. The Hall–Kier alpha value is -0.120. The lowest BCUT2D eigenvalue weighted by molar-refractivity contribution is 0.134. The normalized spacial score (nSPS) is 15.7. The van der Waals surface area contributed by atoms with Gasteiger partial charge >= 0.3 is 0 Å². The van der Waals surface area contributed by atoms with Gasteiger partial charge in [-0.05, 0) is 26.7 Å². The van der Waals surface area contributed by atoms with Crippen LogP contribution in [0.1, 0.15) is 33.6 Å². The minimum atomic E-state index is 0.0614. The van der Waals surface area contributed by atoms with E-state index in [-0.39, 0.29) is 12.1 Å². The summed E-state index contributed by atoms with van der Waals surface area (Å²) >= 11 is 0. The van der Waals surface area contributed by atoms with Crippen molar-refractivity contribution in [3.63, 3.8) is 0 Å². The number of ether oxygens (including phenoxy) is 1. The average molecular weight is 189 g/mol. The molecule has 13 heavy (non-hydrogen) atoms. The van der Waals surface area contributed by atoms with Crippen molar-refractivity contribution in [2.75, 3.05) is 26.4 Å². The van der Waals surface area contributed by atoms with Crippen LogP contribution in [-0.4, -0.2) is 37.0 Å². The standard InChI is InChI=1S/C10H23NO2/c1-4-10(3,6-8-12)11-7-9-13-5-2/h11-12H,4-9H2,1-3H3. The molecule has 0 aromatic heterocycles. The molecule has 1 atom stereocenters. The van der Waals surface area contributed by atoms with Crippen molar-refractivity contribution in [2.24, 2.45) is 0 Å². The van der Waals surface area contributed by atoms with Crippen LogP contribution in [0.5, 0.6) is 0 Å². The maximum absolute atomic E-state index is 8.86. The Morgan fingerprint density at radius 1 is 1.38 bits per heavy atom. The molecular formula is C10H23NO2. The fraction of sp³-hybridized carbons (Fsp3) is 1.00. The monoisotopic (exact) mass is 189 g/mol. The van der Waals surface area contributed by atoms with Crippen LogP contribution in [-0.2, 0) is 4.74 Å². The second kappa shape index (κ2) is 7.30. The zero-order valence-corrected chi connectivity index (χ0v) is 9.10. The lowest BCUT2D eigenvalue weighted by Gasteiger charge is -2.29. The summed E-state index contributed by atoms with van der Waals surface area (Å²) in [5, 5.41) is 12.3. The topological polar surface area (TPSA) is 41.5 Å². The molecule has 0 saturated carbocycles. The first-order valence-corrected chi connectivity index (χ1v) is 5.12. The van der Waals surface area contributed by atoms with Crippen molar-refractivity contribution in [2.45, 2.75) is 39.2 Å². The van der Waals surface area contributed by atoms with Gasteiger partial charge < -0.3 is 15.2 Å². The molecule has 0 aromatic rings. The van der Waals surface area contributed by atoms with Gasteiger partial charge in [0.25, 0.3) is 0 Å². The van der Waals surface area contributed by atoms with Crippen molar-refractivity contribution >= 4 is 0 Å². The van der Waals surface area contributed by atoms with E-state index < -0.39 is 0 Å². The van der Waals surface area contributed by atoms with Crippen LogP contribution in [0.25, 0.3) is 0 Å². The number of aliphatic hydroxyl groups is 1. The molecule has 3 nitrogen and oxygen atoms in total. The average Bonchev–Trinajstić information content (AvgIpc) is 2.13. The second-order valence-corrected chi connectivity index (χ2v) is 3.51. The summed E-state index contributed by atoms with van der Waals surface area (Å²) in [5.74, 6) is 0. The molecular weight excluding hydrogens is 166 g/mol. The van der Waals surface area contributed by atoms with Gasteiger partial charge in [0.05, 0.1) is 6.61 Å². The fourth-order valence-electron chi connectivity index (χ4n) is 1.21. The van der Waals surface area contributed by atoms with Crippen LogP contribution in [0.4, 0.5) is 0 Å². The lowest BCUT2D eigenvalue weighted by Crippen LogP contribution is -2.44. The Morgan fingerprint density at radius 2 is 2.08 bits per heavy atom. The summed E-state index contributed by atoms with van der Waals surface area (Å²) in [6.07, 6.45) is 1.83. The largest absolute Gasteiger partial charge is 0.396 e. The van der Waals surface area contributed by atoms with Gasteiger partial charge in [-0.15, -0.1) is 0 Å². The smallest absolute Gasteiger partial charge is 0.0590 e. The third kappa shape index (κ3) is 6.02. The third-order valence-electron chi connectivity index (χ3n) is 2.45. The highest BCUT2D eigenvalue weighted by molar-refractivity contribution is 4.80. The molecule has 0 aliphatic carbocycles. The Kier molecular flexibility index (Phi) is 7.23. The Morgan fingerprint density at radius 3 is 2.54 bits per heavy atom. The van der Waals surface area contributed by atoms with Crippen LogP contribution in [0.3, 0.4) is 0 Å². The predicted octanol–water partition coefficient (Wildman–Crippen LogP) is 1.16. The molecule has 0 radical (unpaired) electrons. The first-order valence-electron chi connectivity index (χ1n) is 5.12. The zero-order valence-electron chi connectivity index (χ0n) is 9.10. The van der Waals surface area contributed by atoms with Crippen LogP contribution in [0.15, 0.2) is 0 Å². The second-order valence-electron chi connectivity index (χ2n) is 3.51. The van der Waals surface area contributed by atoms with E-state index in [9.17, 15) is 0 Å². The molecule has 0 aliphatic rings. The van der Waals surface area contributed by atoms with E-state index in [0.29, 0.717) is 0 Å².